The van der Waals surface area contributed by atoms with Gasteiger partial charge in [-0.3, -0.25) is 0 Å². The smallest absolute Gasteiger partial charge is 0.119 e. The maximum absolute atomic E-state index is 9.86. The van der Waals surface area contributed by atoms with Gasteiger partial charge in [0.25, 0.3) is 0 Å². The van der Waals surface area contributed by atoms with Gasteiger partial charge in [-0.2, -0.15) is 0 Å². The van der Waals surface area contributed by atoms with Crippen LogP contribution < -0.4 is 4.74 Å². The molecule has 17 heavy (non-hydrogen) atoms. The molecule has 0 saturated carbocycles. The first-order valence-corrected chi connectivity index (χ1v) is 6.33. The Labute approximate surface area is 105 Å². The highest BCUT2D eigenvalue weighted by Crippen LogP contribution is 2.20. The number of ether oxygens (including phenoxy) is 1. The number of rotatable bonds is 5. The fourth-order valence-corrected chi connectivity index (χ4v) is 1.47. The quantitative estimate of drug-likeness (QED) is 0.848. The Balaban J connectivity index is 2.47. The lowest BCUT2D eigenvalue weighted by Crippen LogP contribution is -2.31. The second kappa shape index (κ2) is 6.06. The van der Waals surface area contributed by atoms with E-state index < -0.39 is 6.10 Å². The Morgan fingerprint density at radius 2 is 1.76 bits per heavy atom. The van der Waals surface area contributed by atoms with Gasteiger partial charge in [-0.15, -0.1) is 0 Å². The SMILES string of the molecule is CCCc1ccc(OCC(O)C(C)(C)C)cc1. The van der Waals surface area contributed by atoms with Crippen LogP contribution in [0.1, 0.15) is 39.7 Å². The zero-order valence-electron chi connectivity index (χ0n) is 11.4. The van der Waals surface area contributed by atoms with Crippen LogP contribution in [0.4, 0.5) is 0 Å². The first-order chi connectivity index (χ1) is 7.93. The third-order valence-electron chi connectivity index (χ3n) is 2.87. The number of hydrogen-bond donors (Lipinski definition) is 1. The van der Waals surface area contributed by atoms with Crippen molar-refractivity contribution in [2.75, 3.05) is 6.61 Å². The molecule has 1 unspecified atom stereocenters. The van der Waals surface area contributed by atoms with Crippen LogP contribution in [0.3, 0.4) is 0 Å². The summed E-state index contributed by atoms with van der Waals surface area (Å²) in [5.74, 6) is 0.827. The summed E-state index contributed by atoms with van der Waals surface area (Å²) in [6.07, 6.45) is 1.81. The minimum atomic E-state index is -0.446. The van der Waals surface area contributed by atoms with E-state index >= 15 is 0 Å². The summed E-state index contributed by atoms with van der Waals surface area (Å²) >= 11 is 0. The molecule has 0 aliphatic rings. The highest BCUT2D eigenvalue weighted by Gasteiger charge is 2.22. The molecule has 0 aliphatic heterocycles. The summed E-state index contributed by atoms with van der Waals surface area (Å²) in [6, 6.07) is 8.12. The molecule has 2 nitrogen and oxygen atoms in total. The molecule has 0 amide bonds. The maximum atomic E-state index is 9.86. The predicted octanol–water partition coefficient (Wildman–Crippen LogP) is 3.42. The summed E-state index contributed by atoms with van der Waals surface area (Å²) in [7, 11) is 0. The van der Waals surface area contributed by atoms with Crippen molar-refractivity contribution in [2.45, 2.75) is 46.6 Å². The van der Waals surface area contributed by atoms with Gasteiger partial charge in [0.2, 0.25) is 0 Å². The van der Waals surface area contributed by atoms with E-state index in [0.717, 1.165) is 18.6 Å². The number of aliphatic hydroxyl groups excluding tert-OH is 1. The Bertz CT molecular complexity index is 322. The van der Waals surface area contributed by atoms with E-state index in [1.807, 2.05) is 32.9 Å². The molecule has 1 aromatic carbocycles. The van der Waals surface area contributed by atoms with Crippen LogP contribution in [0.5, 0.6) is 5.75 Å². The van der Waals surface area contributed by atoms with Gasteiger partial charge < -0.3 is 9.84 Å². The average molecular weight is 236 g/mol. The Kier molecular flexibility index (Phi) is 5.01. The normalized spacial score (nSPS) is 13.5. The van der Waals surface area contributed by atoms with Crippen molar-refractivity contribution in [3.05, 3.63) is 29.8 Å². The van der Waals surface area contributed by atoms with Crippen molar-refractivity contribution in [1.29, 1.82) is 0 Å². The van der Waals surface area contributed by atoms with E-state index in [1.54, 1.807) is 0 Å². The van der Waals surface area contributed by atoms with Gasteiger partial charge in [0, 0.05) is 0 Å². The molecule has 0 saturated heterocycles. The second-order valence-electron chi connectivity index (χ2n) is 5.59. The fourth-order valence-electron chi connectivity index (χ4n) is 1.47. The van der Waals surface area contributed by atoms with Crippen molar-refractivity contribution < 1.29 is 9.84 Å². The number of aliphatic hydroxyl groups is 1. The molecule has 1 atom stereocenters. The van der Waals surface area contributed by atoms with Crippen molar-refractivity contribution in [3.8, 4) is 5.75 Å². The second-order valence-corrected chi connectivity index (χ2v) is 5.59. The van der Waals surface area contributed by atoms with Gasteiger partial charge in [-0.05, 0) is 29.5 Å². The lowest BCUT2D eigenvalue weighted by molar-refractivity contribution is 0.0218. The lowest BCUT2D eigenvalue weighted by atomic mass is 9.90. The molecule has 2 heteroatoms. The van der Waals surface area contributed by atoms with E-state index in [0.29, 0.717) is 6.61 Å². The monoisotopic (exact) mass is 236 g/mol. The molecular weight excluding hydrogens is 212 g/mol. The molecule has 0 bridgehead atoms. The van der Waals surface area contributed by atoms with Gasteiger partial charge in [0.1, 0.15) is 12.4 Å². The number of benzene rings is 1. The molecular formula is C15H24O2. The van der Waals surface area contributed by atoms with Crippen LogP contribution in [0.2, 0.25) is 0 Å². The highest BCUT2D eigenvalue weighted by atomic mass is 16.5. The highest BCUT2D eigenvalue weighted by molar-refractivity contribution is 5.27. The number of aryl methyl sites for hydroxylation is 1. The Morgan fingerprint density at radius 3 is 2.24 bits per heavy atom. The van der Waals surface area contributed by atoms with E-state index in [4.69, 9.17) is 4.74 Å². The zero-order valence-corrected chi connectivity index (χ0v) is 11.4. The third-order valence-corrected chi connectivity index (χ3v) is 2.87. The van der Waals surface area contributed by atoms with E-state index in [-0.39, 0.29) is 5.41 Å². The minimum absolute atomic E-state index is 0.137. The molecule has 0 heterocycles. The van der Waals surface area contributed by atoms with E-state index in [1.165, 1.54) is 5.56 Å². The minimum Gasteiger partial charge on any atom is -0.491 e. The first kappa shape index (κ1) is 14.0. The fraction of sp³-hybridized carbons (Fsp3) is 0.600. The van der Waals surface area contributed by atoms with Crippen molar-refractivity contribution in [3.63, 3.8) is 0 Å². The largest absolute Gasteiger partial charge is 0.491 e. The van der Waals surface area contributed by atoms with Gasteiger partial charge in [0.15, 0.2) is 0 Å². The van der Waals surface area contributed by atoms with Crippen LogP contribution in [-0.4, -0.2) is 17.8 Å². The lowest BCUT2D eigenvalue weighted by Gasteiger charge is -2.25. The Hall–Kier alpha value is -1.02. The molecule has 96 valence electrons. The van der Waals surface area contributed by atoms with Crippen molar-refractivity contribution in [2.24, 2.45) is 5.41 Å². The average Bonchev–Trinajstić information content (AvgIpc) is 2.27. The summed E-state index contributed by atoms with van der Waals surface area (Å²) in [5, 5.41) is 9.86. The molecule has 1 N–H and O–H groups in total. The van der Waals surface area contributed by atoms with E-state index in [9.17, 15) is 5.11 Å². The maximum Gasteiger partial charge on any atom is 0.119 e. The Morgan fingerprint density at radius 1 is 1.18 bits per heavy atom. The third kappa shape index (κ3) is 4.78. The van der Waals surface area contributed by atoms with E-state index in [2.05, 4.69) is 19.1 Å². The summed E-state index contributed by atoms with van der Waals surface area (Å²) in [5.41, 5.74) is 1.19. The molecule has 1 rings (SSSR count). The van der Waals surface area contributed by atoms with Gasteiger partial charge in [0.05, 0.1) is 6.10 Å². The summed E-state index contributed by atoms with van der Waals surface area (Å²) in [6.45, 7) is 8.53. The van der Waals surface area contributed by atoms with Gasteiger partial charge in [-0.1, -0.05) is 46.2 Å². The van der Waals surface area contributed by atoms with Gasteiger partial charge in [-0.25, -0.2) is 0 Å². The van der Waals surface area contributed by atoms with Crippen molar-refractivity contribution >= 4 is 0 Å². The van der Waals surface area contributed by atoms with Gasteiger partial charge >= 0.3 is 0 Å². The predicted molar refractivity (Wildman–Crippen MR) is 71.4 cm³/mol. The molecule has 1 aromatic rings. The summed E-state index contributed by atoms with van der Waals surface area (Å²) < 4.78 is 5.58. The topological polar surface area (TPSA) is 29.5 Å². The molecule has 0 aliphatic carbocycles. The van der Waals surface area contributed by atoms with Crippen molar-refractivity contribution in [1.82, 2.24) is 0 Å². The van der Waals surface area contributed by atoms with Crippen LogP contribution in [0.25, 0.3) is 0 Å². The van der Waals surface area contributed by atoms with Crippen LogP contribution in [0.15, 0.2) is 24.3 Å². The molecule has 0 radical (unpaired) electrons. The summed E-state index contributed by atoms with van der Waals surface area (Å²) in [4.78, 5) is 0. The molecule has 0 fully saturated rings. The number of hydrogen-bond acceptors (Lipinski definition) is 2. The standard InChI is InChI=1S/C15H24O2/c1-5-6-12-7-9-13(10-8-12)17-11-14(16)15(2,3)4/h7-10,14,16H,5-6,11H2,1-4H3. The van der Waals surface area contributed by atoms with Crippen LogP contribution >= 0.6 is 0 Å². The van der Waals surface area contributed by atoms with Crippen LogP contribution in [0, 0.1) is 5.41 Å². The molecule has 0 spiro atoms. The van der Waals surface area contributed by atoms with Crippen LogP contribution in [-0.2, 0) is 6.42 Å². The zero-order chi connectivity index (χ0) is 12.9. The first-order valence-electron chi connectivity index (χ1n) is 6.33. The molecule has 0 aromatic heterocycles.